The number of fused-ring (bicyclic) bond motifs is 1. The van der Waals surface area contributed by atoms with Crippen LogP contribution in [0, 0.1) is 0 Å². The van der Waals surface area contributed by atoms with Crippen LogP contribution in [0.5, 0.6) is 0 Å². The van der Waals surface area contributed by atoms with Gasteiger partial charge in [-0.15, -0.1) is 0 Å². The first-order chi connectivity index (χ1) is 8.34. The van der Waals surface area contributed by atoms with Crippen molar-refractivity contribution in [1.82, 2.24) is 15.0 Å². The summed E-state index contributed by atoms with van der Waals surface area (Å²) in [5, 5.41) is 1.61. The van der Waals surface area contributed by atoms with Gasteiger partial charge in [0.2, 0.25) is 0 Å². The van der Waals surface area contributed by atoms with Crippen molar-refractivity contribution in [3.05, 3.63) is 53.9 Å². The largest absolute Gasteiger partial charge is 0.246 e. The van der Waals surface area contributed by atoms with Gasteiger partial charge >= 0.3 is 0 Å². The molecule has 3 nitrogen and oxygen atoms in total. The zero-order chi connectivity index (χ0) is 11.7. The Labute approximate surface area is 103 Å². The maximum Gasteiger partial charge on any atom is 0.116 e. The second kappa shape index (κ2) is 4.11. The van der Waals surface area contributed by atoms with Crippen LogP contribution in [0.15, 0.2) is 48.9 Å². The lowest BCUT2D eigenvalue weighted by atomic mass is 10.2. The Hall–Kier alpha value is -2.00. The SMILES string of the molecule is Clc1cncnc1-c1ccc2ccccc2n1. The molecule has 0 amide bonds. The standard InChI is InChI=1S/C13H8ClN3/c14-10-7-15-8-16-13(10)12-6-5-9-3-1-2-4-11(9)17-12/h1-8H. The van der Waals surface area contributed by atoms with E-state index in [-0.39, 0.29) is 0 Å². The summed E-state index contributed by atoms with van der Waals surface area (Å²) >= 11 is 6.04. The van der Waals surface area contributed by atoms with Gasteiger partial charge in [0.15, 0.2) is 0 Å². The van der Waals surface area contributed by atoms with Gasteiger partial charge in [-0.2, -0.15) is 0 Å². The first-order valence-electron chi connectivity index (χ1n) is 5.16. The van der Waals surface area contributed by atoms with Crippen LogP contribution in [0.1, 0.15) is 0 Å². The molecule has 0 aliphatic carbocycles. The third-order valence-corrected chi connectivity index (χ3v) is 2.79. The Morgan fingerprint density at radius 2 is 1.88 bits per heavy atom. The fourth-order valence-electron chi connectivity index (χ4n) is 1.70. The predicted molar refractivity (Wildman–Crippen MR) is 67.8 cm³/mol. The summed E-state index contributed by atoms with van der Waals surface area (Å²) < 4.78 is 0. The molecule has 0 aliphatic heterocycles. The molecule has 2 aromatic heterocycles. The fraction of sp³-hybridized carbons (Fsp3) is 0. The minimum Gasteiger partial charge on any atom is -0.246 e. The van der Waals surface area contributed by atoms with Gasteiger partial charge in [0.05, 0.1) is 16.2 Å². The maximum atomic E-state index is 6.04. The van der Waals surface area contributed by atoms with E-state index in [9.17, 15) is 0 Å². The summed E-state index contributed by atoms with van der Waals surface area (Å²) in [7, 11) is 0. The van der Waals surface area contributed by atoms with Crippen LogP contribution in [-0.4, -0.2) is 15.0 Å². The first kappa shape index (κ1) is 10.2. The molecule has 17 heavy (non-hydrogen) atoms. The van der Waals surface area contributed by atoms with Crippen LogP contribution in [-0.2, 0) is 0 Å². The van der Waals surface area contributed by atoms with E-state index in [0.717, 1.165) is 16.6 Å². The van der Waals surface area contributed by atoms with Gasteiger partial charge in [-0.3, -0.25) is 0 Å². The van der Waals surface area contributed by atoms with Gasteiger partial charge in [0, 0.05) is 11.6 Å². The molecule has 0 aliphatic rings. The van der Waals surface area contributed by atoms with Gasteiger partial charge in [0.25, 0.3) is 0 Å². The number of halogens is 1. The van der Waals surface area contributed by atoms with Crippen LogP contribution in [0.2, 0.25) is 5.02 Å². The Bertz CT molecular complexity index is 682. The molecule has 2 heterocycles. The van der Waals surface area contributed by atoms with Gasteiger partial charge in [-0.1, -0.05) is 35.9 Å². The highest BCUT2D eigenvalue weighted by Crippen LogP contribution is 2.24. The van der Waals surface area contributed by atoms with Crippen molar-refractivity contribution in [3.8, 4) is 11.4 Å². The van der Waals surface area contributed by atoms with Crippen molar-refractivity contribution in [2.45, 2.75) is 0 Å². The van der Waals surface area contributed by atoms with E-state index in [2.05, 4.69) is 15.0 Å². The number of hydrogen-bond acceptors (Lipinski definition) is 3. The highest BCUT2D eigenvalue weighted by Gasteiger charge is 2.06. The van der Waals surface area contributed by atoms with E-state index in [1.165, 1.54) is 6.33 Å². The van der Waals surface area contributed by atoms with E-state index < -0.39 is 0 Å². The average molecular weight is 242 g/mol. The van der Waals surface area contributed by atoms with Gasteiger partial charge < -0.3 is 0 Å². The number of aromatic nitrogens is 3. The number of benzene rings is 1. The van der Waals surface area contributed by atoms with Gasteiger partial charge in [0.1, 0.15) is 12.0 Å². The van der Waals surface area contributed by atoms with Crippen LogP contribution in [0.3, 0.4) is 0 Å². The van der Waals surface area contributed by atoms with Gasteiger partial charge in [-0.05, 0) is 12.1 Å². The quantitative estimate of drug-likeness (QED) is 0.656. The molecule has 0 atom stereocenters. The monoisotopic (exact) mass is 241 g/mol. The van der Waals surface area contributed by atoms with E-state index in [4.69, 9.17) is 11.6 Å². The first-order valence-corrected chi connectivity index (χ1v) is 5.54. The lowest BCUT2D eigenvalue weighted by Gasteiger charge is -2.03. The summed E-state index contributed by atoms with van der Waals surface area (Å²) in [5.41, 5.74) is 2.35. The average Bonchev–Trinajstić information content (AvgIpc) is 2.39. The molecule has 0 radical (unpaired) electrons. The molecule has 0 fully saturated rings. The molecule has 0 spiro atoms. The summed E-state index contributed by atoms with van der Waals surface area (Å²) in [6.45, 7) is 0. The Morgan fingerprint density at radius 1 is 1.00 bits per heavy atom. The molecular formula is C13H8ClN3. The zero-order valence-corrected chi connectivity index (χ0v) is 9.59. The Balaban J connectivity index is 2.22. The smallest absolute Gasteiger partial charge is 0.116 e. The maximum absolute atomic E-state index is 6.04. The van der Waals surface area contributed by atoms with Crippen LogP contribution >= 0.6 is 11.6 Å². The molecule has 0 bridgehead atoms. The number of para-hydroxylation sites is 1. The summed E-state index contributed by atoms with van der Waals surface area (Å²) in [6.07, 6.45) is 3.04. The predicted octanol–water partition coefficient (Wildman–Crippen LogP) is 3.35. The summed E-state index contributed by atoms with van der Waals surface area (Å²) in [5.74, 6) is 0. The van der Waals surface area contributed by atoms with Crippen molar-refractivity contribution in [1.29, 1.82) is 0 Å². The third-order valence-electron chi connectivity index (χ3n) is 2.51. The molecule has 0 unspecified atom stereocenters. The highest BCUT2D eigenvalue weighted by molar-refractivity contribution is 6.32. The van der Waals surface area contributed by atoms with Crippen molar-refractivity contribution in [3.63, 3.8) is 0 Å². The van der Waals surface area contributed by atoms with Crippen LogP contribution in [0.4, 0.5) is 0 Å². The number of nitrogens with zero attached hydrogens (tertiary/aromatic N) is 3. The minimum atomic E-state index is 0.510. The van der Waals surface area contributed by atoms with Crippen molar-refractivity contribution in [2.24, 2.45) is 0 Å². The lowest BCUT2D eigenvalue weighted by Crippen LogP contribution is -1.90. The summed E-state index contributed by atoms with van der Waals surface area (Å²) in [6, 6.07) is 11.9. The molecule has 0 saturated carbocycles. The van der Waals surface area contributed by atoms with E-state index in [1.807, 2.05) is 36.4 Å². The highest BCUT2D eigenvalue weighted by atomic mass is 35.5. The molecule has 0 N–H and O–H groups in total. The van der Waals surface area contributed by atoms with E-state index >= 15 is 0 Å². The fourth-order valence-corrected chi connectivity index (χ4v) is 1.90. The van der Waals surface area contributed by atoms with E-state index in [0.29, 0.717) is 10.7 Å². The van der Waals surface area contributed by atoms with Crippen molar-refractivity contribution in [2.75, 3.05) is 0 Å². The minimum absolute atomic E-state index is 0.510. The second-order valence-corrected chi connectivity index (χ2v) is 4.02. The Morgan fingerprint density at radius 3 is 2.76 bits per heavy atom. The molecule has 82 valence electrons. The zero-order valence-electron chi connectivity index (χ0n) is 8.84. The van der Waals surface area contributed by atoms with E-state index in [1.54, 1.807) is 6.20 Å². The number of rotatable bonds is 1. The van der Waals surface area contributed by atoms with Crippen molar-refractivity contribution >= 4 is 22.5 Å². The molecule has 0 saturated heterocycles. The van der Waals surface area contributed by atoms with Gasteiger partial charge in [-0.25, -0.2) is 15.0 Å². The molecule has 3 aromatic rings. The second-order valence-electron chi connectivity index (χ2n) is 3.61. The van der Waals surface area contributed by atoms with Crippen molar-refractivity contribution < 1.29 is 0 Å². The number of pyridine rings is 1. The topological polar surface area (TPSA) is 38.7 Å². The third kappa shape index (κ3) is 1.85. The molecule has 4 heteroatoms. The molecular weight excluding hydrogens is 234 g/mol. The lowest BCUT2D eigenvalue weighted by molar-refractivity contribution is 1.16. The van der Waals surface area contributed by atoms with Crippen LogP contribution < -0.4 is 0 Å². The number of hydrogen-bond donors (Lipinski definition) is 0. The normalized spacial score (nSPS) is 10.6. The van der Waals surface area contributed by atoms with Crippen LogP contribution in [0.25, 0.3) is 22.3 Å². The Kier molecular flexibility index (Phi) is 2.46. The molecule has 3 rings (SSSR count). The molecule has 1 aromatic carbocycles. The summed E-state index contributed by atoms with van der Waals surface area (Å²) in [4.78, 5) is 12.5.